The summed E-state index contributed by atoms with van der Waals surface area (Å²) in [6.07, 6.45) is 5.03. The van der Waals surface area contributed by atoms with Crippen molar-refractivity contribution < 1.29 is 33.4 Å². The van der Waals surface area contributed by atoms with Gasteiger partial charge < -0.3 is 35.5 Å². The van der Waals surface area contributed by atoms with E-state index in [4.69, 9.17) is 24.9 Å². The van der Waals surface area contributed by atoms with Crippen molar-refractivity contribution >= 4 is 40.7 Å². The Balaban J connectivity index is 1.85. The third-order valence-electron chi connectivity index (χ3n) is 10.8. The van der Waals surface area contributed by atoms with E-state index in [0.717, 1.165) is 37.8 Å². The molecule has 14 heteroatoms. The van der Waals surface area contributed by atoms with Gasteiger partial charge in [-0.15, -0.1) is 11.3 Å². The largest absolute Gasteiger partial charge is 0.466 e. The molecule has 4 N–H and O–H groups in total. The minimum absolute atomic E-state index is 0.00203. The van der Waals surface area contributed by atoms with Gasteiger partial charge in [-0.2, -0.15) is 0 Å². The molecule has 0 radical (unpaired) electrons. The molecule has 3 amide bonds. The van der Waals surface area contributed by atoms with Gasteiger partial charge in [-0.1, -0.05) is 66.5 Å². The van der Waals surface area contributed by atoms with Crippen molar-refractivity contribution in [3.8, 4) is 0 Å². The van der Waals surface area contributed by atoms with Gasteiger partial charge in [0.15, 0.2) is 0 Å². The lowest BCUT2D eigenvalue weighted by Crippen LogP contribution is -2.59. The number of likely N-dealkylation sites (tertiary alicyclic amines) is 1. The van der Waals surface area contributed by atoms with Crippen LogP contribution in [0.3, 0.4) is 0 Å². The lowest BCUT2D eigenvalue weighted by molar-refractivity contribution is -0.149. The van der Waals surface area contributed by atoms with Crippen LogP contribution in [0.2, 0.25) is 0 Å². The lowest BCUT2D eigenvalue weighted by Gasteiger charge is -2.40. The molecule has 0 bridgehead atoms. The van der Waals surface area contributed by atoms with Crippen LogP contribution in [0.5, 0.6) is 0 Å². The van der Waals surface area contributed by atoms with Gasteiger partial charge in [0.25, 0.3) is 5.91 Å². The van der Waals surface area contributed by atoms with Gasteiger partial charge in [-0.3, -0.25) is 24.1 Å². The van der Waals surface area contributed by atoms with Gasteiger partial charge in [0.05, 0.1) is 18.6 Å². The lowest BCUT2D eigenvalue weighted by atomic mass is 9.92. The van der Waals surface area contributed by atoms with Crippen LogP contribution in [0.25, 0.3) is 0 Å². The summed E-state index contributed by atoms with van der Waals surface area (Å²) in [4.78, 5) is 63.1. The first kappa shape index (κ1) is 46.8. The molecule has 7 atom stereocenters. The molecule has 2 aromatic rings. The van der Waals surface area contributed by atoms with Crippen LogP contribution in [-0.4, -0.2) is 103 Å². The zero-order chi connectivity index (χ0) is 41.4. The molecule has 1 fully saturated rings. The highest BCUT2D eigenvalue weighted by molar-refractivity contribution is 7.09. The Kier molecular flexibility index (Phi) is 19.7. The van der Waals surface area contributed by atoms with Crippen LogP contribution in [0.15, 0.2) is 29.6 Å². The molecular formula is C42H68N6O7S. The number of methoxy groups -OCH3 is 1. The number of nitrogens with two attached hydrogens (primary N) is 1. The van der Waals surface area contributed by atoms with Gasteiger partial charge in [0, 0.05) is 43.3 Å². The number of nitrogens with zero attached hydrogens (tertiary/aromatic N) is 3. The number of thiazole rings is 1. The van der Waals surface area contributed by atoms with Crippen LogP contribution < -0.4 is 16.4 Å². The number of esters is 1. The van der Waals surface area contributed by atoms with Crippen molar-refractivity contribution in [3.63, 3.8) is 0 Å². The predicted octanol–water partition coefficient (Wildman–Crippen LogP) is 5.99. The standard InChI is InChI=1S/C42H68N6O7S/c1-10-21-54-26-48(41(51)37(28(6)11-2)46-39(50)34-15-13-14-20-47(34)8)35(27(4)5)24-36(53-9)40-45-33(25-56-40)38(49)44-32(22-29(7)42(52)55-12-3)23-30-16-18-31(43)19-17-30/h16-19,25,27-29,32,34-37H,10-15,20-24,26,43H2,1-9H3,(H,44,49)(H,46,50)/t28-,29?,32+,34+,35+,36+,37-/m0/s1. The zero-order valence-corrected chi connectivity index (χ0v) is 36.0. The number of hydrogen-bond donors (Lipinski definition) is 3. The van der Waals surface area contributed by atoms with E-state index in [-0.39, 0.29) is 72.7 Å². The number of piperidine rings is 1. The average molecular weight is 801 g/mol. The Labute approximate surface area is 338 Å². The van der Waals surface area contributed by atoms with Gasteiger partial charge >= 0.3 is 5.97 Å². The molecule has 0 aliphatic carbocycles. The fourth-order valence-electron chi connectivity index (χ4n) is 7.16. The summed E-state index contributed by atoms with van der Waals surface area (Å²) in [5.41, 5.74) is 7.75. The molecule has 3 rings (SSSR count). The molecule has 1 aliphatic rings. The van der Waals surface area contributed by atoms with Crippen LogP contribution >= 0.6 is 11.3 Å². The summed E-state index contributed by atoms with van der Waals surface area (Å²) in [7, 11) is 3.57. The smallest absolute Gasteiger partial charge is 0.308 e. The number of likely N-dealkylation sites (N-methyl/N-ethyl adjacent to an activating group) is 1. The monoisotopic (exact) mass is 800 g/mol. The molecule has 1 unspecified atom stereocenters. The molecule has 0 spiro atoms. The summed E-state index contributed by atoms with van der Waals surface area (Å²) in [6, 6.07) is 5.75. The van der Waals surface area contributed by atoms with E-state index < -0.39 is 18.1 Å². The van der Waals surface area contributed by atoms with E-state index in [0.29, 0.717) is 43.0 Å². The molecule has 56 heavy (non-hydrogen) atoms. The van der Waals surface area contributed by atoms with Crippen molar-refractivity contribution in [2.24, 2.45) is 17.8 Å². The van der Waals surface area contributed by atoms with E-state index in [9.17, 15) is 19.2 Å². The maximum atomic E-state index is 14.7. The van der Waals surface area contributed by atoms with Gasteiger partial charge in [-0.05, 0) is 82.2 Å². The van der Waals surface area contributed by atoms with Crippen molar-refractivity contribution in [2.75, 3.05) is 46.4 Å². The molecule has 13 nitrogen and oxygen atoms in total. The molecule has 314 valence electrons. The second-order valence-electron chi connectivity index (χ2n) is 15.6. The van der Waals surface area contributed by atoms with Crippen molar-refractivity contribution in [1.29, 1.82) is 0 Å². The van der Waals surface area contributed by atoms with Gasteiger partial charge in [0.2, 0.25) is 11.8 Å². The quantitative estimate of drug-likeness (QED) is 0.0527. The van der Waals surface area contributed by atoms with Gasteiger partial charge in [-0.25, -0.2) is 4.98 Å². The molecule has 1 aromatic heterocycles. The summed E-state index contributed by atoms with van der Waals surface area (Å²) in [5, 5.41) is 8.58. The van der Waals surface area contributed by atoms with E-state index in [2.05, 4.69) is 29.4 Å². The van der Waals surface area contributed by atoms with Crippen molar-refractivity contribution in [2.45, 2.75) is 130 Å². The number of rotatable bonds is 23. The topological polar surface area (TPSA) is 165 Å². The number of aromatic nitrogens is 1. The second-order valence-corrected chi connectivity index (χ2v) is 16.4. The number of nitrogen functional groups attached to an aromatic ring is 1. The van der Waals surface area contributed by atoms with E-state index >= 15 is 0 Å². The first-order valence-electron chi connectivity index (χ1n) is 20.4. The van der Waals surface area contributed by atoms with Crippen LogP contribution in [0, 0.1) is 17.8 Å². The minimum atomic E-state index is -0.724. The maximum Gasteiger partial charge on any atom is 0.308 e. The third kappa shape index (κ3) is 13.8. The van der Waals surface area contributed by atoms with Crippen molar-refractivity contribution in [1.82, 2.24) is 25.4 Å². The number of hydrogen-bond acceptors (Lipinski definition) is 11. The molecular weight excluding hydrogens is 733 g/mol. The first-order chi connectivity index (χ1) is 26.7. The fourth-order valence-corrected chi connectivity index (χ4v) is 8.05. The summed E-state index contributed by atoms with van der Waals surface area (Å²) in [6.45, 7) is 15.4. The summed E-state index contributed by atoms with van der Waals surface area (Å²) in [5.74, 6) is -1.51. The Bertz CT molecular complexity index is 1520. The highest BCUT2D eigenvalue weighted by Gasteiger charge is 2.38. The number of carbonyl (C=O) groups is 4. The number of anilines is 1. The van der Waals surface area contributed by atoms with Crippen LogP contribution in [0.4, 0.5) is 5.69 Å². The second kappa shape index (κ2) is 23.6. The SMILES string of the molecule is CCCOCN(C(=O)[C@@H](NC(=O)[C@H]1CCCCN1C)[C@@H](C)CC)[C@H](C[C@@H](OC)c1nc(C(=O)N[C@@H](Cc2ccc(N)cc2)CC(C)C(=O)OCC)cs1)C(C)C. The van der Waals surface area contributed by atoms with E-state index in [1.165, 1.54) is 11.3 Å². The molecule has 1 aliphatic heterocycles. The zero-order valence-electron chi connectivity index (χ0n) is 35.2. The Morgan fingerprint density at radius 1 is 1.04 bits per heavy atom. The van der Waals surface area contributed by atoms with Crippen molar-refractivity contribution in [3.05, 3.63) is 45.9 Å². The number of ether oxygens (including phenoxy) is 3. The number of carbonyl (C=O) groups excluding carboxylic acids is 4. The highest BCUT2D eigenvalue weighted by atomic mass is 32.1. The average Bonchev–Trinajstić information content (AvgIpc) is 3.67. The normalized spacial score (nSPS) is 18.0. The highest BCUT2D eigenvalue weighted by Crippen LogP contribution is 2.31. The molecule has 1 saturated heterocycles. The van der Waals surface area contributed by atoms with E-state index in [1.54, 1.807) is 31.2 Å². The third-order valence-corrected chi connectivity index (χ3v) is 11.7. The van der Waals surface area contributed by atoms with E-state index in [1.807, 2.05) is 52.1 Å². The number of benzene rings is 1. The maximum absolute atomic E-state index is 14.7. The molecule has 1 aromatic carbocycles. The van der Waals surface area contributed by atoms with Gasteiger partial charge in [0.1, 0.15) is 29.6 Å². The Morgan fingerprint density at radius 3 is 2.36 bits per heavy atom. The molecule has 0 saturated carbocycles. The van der Waals surface area contributed by atoms with Crippen LogP contribution in [-0.2, 0) is 35.0 Å². The van der Waals surface area contributed by atoms with Crippen LogP contribution in [0.1, 0.15) is 121 Å². The Morgan fingerprint density at radius 2 is 1.75 bits per heavy atom. The Hall–Kier alpha value is -3.59. The summed E-state index contributed by atoms with van der Waals surface area (Å²) >= 11 is 1.32. The minimum Gasteiger partial charge on any atom is -0.466 e. The number of nitrogens with one attached hydrogen (secondary N) is 2. The first-order valence-corrected chi connectivity index (χ1v) is 21.3. The predicted molar refractivity (Wildman–Crippen MR) is 221 cm³/mol. The summed E-state index contributed by atoms with van der Waals surface area (Å²) < 4.78 is 17.3. The molecule has 2 heterocycles. The fraction of sp³-hybridized carbons (Fsp3) is 0.690. The number of amides is 3.